The molecule has 0 radical (unpaired) electrons. The van der Waals surface area contributed by atoms with Crippen LogP contribution in [-0.4, -0.2) is 18.6 Å². The molecule has 1 N–H and O–H groups in total. The molecule has 1 aromatic carbocycles. The molecule has 0 atom stereocenters. The van der Waals surface area contributed by atoms with Crippen LogP contribution in [0.1, 0.15) is 26.3 Å². The summed E-state index contributed by atoms with van der Waals surface area (Å²) in [5.74, 6) is 0.362. The number of amides is 1. The second-order valence-electron chi connectivity index (χ2n) is 5.15. The van der Waals surface area contributed by atoms with Crippen molar-refractivity contribution in [2.75, 3.05) is 7.11 Å². The summed E-state index contributed by atoms with van der Waals surface area (Å²) in [4.78, 5) is 11.9. The molecule has 0 bridgehead atoms. The number of nitrogens with zero attached hydrogens (tertiary/aromatic N) is 1. The van der Waals surface area contributed by atoms with Gasteiger partial charge in [-0.1, -0.05) is 12.1 Å². The van der Waals surface area contributed by atoms with Crippen LogP contribution in [0.4, 0.5) is 0 Å². The Bertz CT molecular complexity index is 517. The first-order chi connectivity index (χ1) is 8.85. The quantitative estimate of drug-likeness (QED) is 0.669. The number of hydrogen-bond donors (Lipinski definition) is 1. The summed E-state index contributed by atoms with van der Waals surface area (Å²) < 4.78 is 5.05. The Morgan fingerprint density at radius 2 is 1.89 bits per heavy atom. The zero-order valence-corrected chi connectivity index (χ0v) is 11.7. The third-order valence-electron chi connectivity index (χ3n) is 2.28. The highest BCUT2D eigenvalue weighted by Crippen LogP contribution is 2.14. The molecule has 1 amide bonds. The molecular weight excluding hydrogens is 240 g/mol. The zero-order valence-electron chi connectivity index (χ0n) is 11.7. The van der Waals surface area contributed by atoms with E-state index in [1.165, 1.54) is 0 Å². The van der Waals surface area contributed by atoms with E-state index in [9.17, 15) is 4.79 Å². The van der Waals surface area contributed by atoms with Crippen LogP contribution in [0.15, 0.2) is 29.8 Å². The number of ether oxygens (including phenoxy) is 1. The van der Waals surface area contributed by atoms with Crippen LogP contribution in [0.25, 0.3) is 6.08 Å². The first kappa shape index (κ1) is 14.8. The largest absolute Gasteiger partial charge is 0.497 e. The van der Waals surface area contributed by atoms with E-state index in [0.29, 0.717) is 0 Å². The number of nitrogens with one attached hydrogen (secondary N) is 1. The van der Waals surface area contributed by atoms with Crippen molar-refractivity contribution >= 4 is 12.0 Å². The molecule has 1 rings (SSSR count). The molecule has 4 heteroatoms. The number of carbonyl (C=O) groups is 1. The maximum Gasteiger partial charge on any atom is 0.262 e. The summed E-state index contributed by atoms with van der Waals surface area (Å²) in [5.41, 5.74) is 0.494. The highest BCUT2D eigenvalue weighted by Gasteiger charge is 2.17. The SMILES string of the molecule is COc1ccc(/C=C(/C#N)C(=O)NC(C)(C)C)cc1. The second kappa shape index (κ2) is 6.05. The smallest absolute Gasteiger partial charge is 0.262 e. The van der Waals surface area contributed by atoms with Crippen molar-refractivity contribution in [3.63, 3.8) is 0 Å². The van der Waals surface area contributed by atoms with Crippen molar-refractivity contribution in [2.45, 2.75) is 26.3 Å². The topological polar surface area (TPSA) is 62.1 Å². The lowest BCUT2D eigenvalue weighted by molar-refractivity contribution is -0.118. The van der Waals surface area contributed by atoms with Gasteiger partial charge < -0.3 is 10.1 Å². The lowest BCUT2D eigenvalue weighted by atomic mass is 10.1. The van der Waals surface area contributed by atoms with Crippen LogP contribution in [0, 0.1) is 11.3 Å². The average Bonchev–Trinajstić information content (AvgIpc) is 2.34. The van der Waals surface area contributed by atoms with E-state index < -0.39 is 0 Å². The van der Waals surface area contributed by atoms with Crippen LogP contribution in [0.5, 0.6) is 5.75 Å². The monoisotopic (exact) mass is 258 g/mol. The fraction of sp³-hybridized carbons (Fsp3) is 0.333. The van der Waals surface area contributed by atoms with Crippen molar-refractivity contribution in [3.05, 3.63) is 35.4 Å². The number of benzene rings is 1. The first-order valence-corrected chi connectivity index (χ1v) is 5.94. The van der Waals surface area contributed by atoms with Gasteiger partial charge in [0.15, 0.2) is 0 Å². The zero-order chi connectivity index (χ0) is 14.5. The Morgan fingerprint density at radius 3 is 2.32 bits per heavy atom. The van der Waals surface area contributed by atoms with Crippen LogP contribution in [0.3, 0.4) is 0 Å². The molecule has 4 nitrogen and oxygen atoms in total. The van der Waals surface area contributed by atoms with Gasteiger partial charge in [0.1, 0.15) is 17.4 Å². The number of carbonyl (C=O) groups excluding carboxylic acids is 1. The van der Waals surface area contributed by atoms with Gasteiger partial charge in [-0.2, -0.15) is 5.26 Å². The van der Waals surface area contributed by atoms with E-state index in [0.717, 1.165) is 11.3 Å². The van der Waals surface area contributed by atoms with Gasteiger partial charge in [-0.25, -0.2) is 0 Å². The third kappa shape index (κ3) is 4.84. The van der Waals surface area contributed by atoms with Gasteiger partial charge >= 0.3 is 0 Å². The Hall–Kier alpha value is -2.28. The van der Waals surface area contributed by atoms with E-state index in [1.807, 2.05) is 26.8 Å². The molecule has 19 heavy (non-hydrogen) atoms. The second-order valence-corrected chi connectivity index (χ2v) is 5.15. The van der Waals surface area contributed by atoms with Gasteiger partial charge in [-0.15, -0.1) is 0 Å². The third-order valence-corrected chi connectivity index (χ3v) is 2.28. The van der Waals surface area contributed by atoms with Crippen LogP contribution >= 0.6 is 0 Å². The lowest BCUT2D eigenvalue weighted by Gasteiger charge is -2.20. The Morgan fingerprint density at radius 1 is 1.32 bits per heavy atom. The molecule has 0 saturated carbocycles. The van der Waals surface area contributed by atoms with Crippen LogP contribution < -0.4 is 10.1 Å². The van der Waals surface area contributed by atoms with Crippen LogP contribution in [0.2, 0.25) is 0 Å². The van der Waals surface area contributed by atoms with Crippen molar-refractivity contribution in [2.24, 2.45) is 0 Å². The van der Waals surface area contributed by atoms with E-state index in [4.69, 9.17) is 10.00 Å². The molecule has 1 aromatic rings. The number of rotatable bonds is 3. The molecule has 0 aliphatic heterocycles. The predicted octanol–water partition coefficient (Wildman–Crippen LogP) is 2.52. The molecule has 0 aromatic heterocycles. The summed E-state index contributed by atoms with van der Waals surface area (Å²) in [6.07, 6.45) is 1.56. The molecule has 0 heterocycles. The Labute approximate surface area is 113 Å². The maximum absolute atomic E-state index is 11.9. The molecule has 100 valence electrons. The minimum atomic E-state index is -0.370. The Kier molecular flexibility index (Phi) is 4.71. The molecule has 0 spiro atoms. The van der Waals surface area contributed by atoms with Gasteiger partial charge in [0.2, 0.25) is 0 Å². The van der Waals surface area contributed by atoms with Gasteiger partial charge in [0, 0.05) is 5.54 Å². The van der Waals surface area contributed by atoms with Gasteiger partial charge in [0.05, 0.1) is 7.11 Å². The molecule has 0 aliphatic rings. The molecular formula is C15H18N2O2. The highest BCUT2D eigenvalue weighted by molar-refractivity contribution is 6.02. The van der Waals surface area contributed by atoms with E-state index in [1.54, 1.807) is 37.5 Å². The number of methoxy groups -OCH3 is 1. The van der Waals surface area contributed by atoms with Gasteiger partial charge in [-0.05, 0) is 44.5 Å². The molecule has 0 saturated heterocycles. The molecule has 0 aliphatic carbocycles. The van der Waals surface area contributed by atoms with Crippen LogP contribution in [-0.2, 0) is 4.79 Å². The van der Waals surface area contributed by atoms with E-state index in [-0.39, 0.29) is 17.0 Å². The van der Waals surface area contributed by atoms with Crippen molar-refractivity contribution in [1.29, 1.82) is 5.26 Å². The molecule has 0 unspecified atom stereocenters. The summed E-state index contributed by atoms with van der Waals surface area (Å²) in [5, 5.41) is 11.8. The summed E-state index contributed by atoms with van der Waals surface area (Å²) in [6, 6.07) is 9.06. The standard InChI is InChI=1S/C15H18N2O2/c1-15(2,3)17-14(18)12(10-16)9-11-5-7-13(19-4)8-6-11/h5-9H,1-4H3,(H,17,18)/b12-9-. The normalized spacial score (nSPS) is 11.6. The number of hydrogen-bond acceptors (Lipinski definition) is 3. The summed E-state index contributed by atoms with van der Waals surface area (Å²) in [7, 11) is 1.59. The maximum atomic E-state index is 11.9. The van der Waals surface area contributed by atoms with E-state index >= 15 is 0 Å². The summed E-state index contributed by atoms with van der Waals surface area (Å²) in [6.45, 7) is 5.60. The minimum Gasteiger partial charge on any atom is -0.497 e. The average molecular weight is 258 g/mol. The minimum absolute atomic E-state index is 0.0834. The van der Waals surface area contributed by atoms with Crippen molar-refractivity contribution in [3.8, 4) is 11.8 Å². The number of nitriles is 1. The fourth-order valence-corrected chi connectivity index (χ4v) is 1.42. The summed E-state index contributed by atoms with van der Waals surface area (Å²) >= 11 is 0. The highest BCUT2D eigenvalue weighted by atomic mass is 16.5. The van der Waals surface area contributed by atoms with Crippen molar-refractivity contribution in [1.82, 2.24) is 5.32 Å². The predicted molar refractivity (Wildman–Crippen MR) is 74.5 cm³/mol. The van der Waals surface area contributed by atoms with Crippen molar-refractivity contribution < 1.29 is 9.53 Å². The van der Waals surface area contributed by atoms with Gasteiger partial charge in [0.25, 0.3) is 5.91 Å². The Balaban J connectivity index is 2.93. The van der Waals surface area contributed by atoms with E-state index in [2.05, 4.69) is 5.32 Å². The lowest BCUT2D eigenvalue weighted by Crippen LogP contribution is -2.41. The fourth-order valence-electron chi connectivity index (χ4n) is 1.42. The first-order valence-electron chi connectivity index (χ1n) is 5.94. The molecule has 0 fully saturated rings. The van der Waals surface area contributed by atoms with Gasteiger partial charge in [-0.3, -0.25) is 4.79 Å².